The molecule has 0 saturated carbocycles. The minimum absolute atomic E-state index is 0.0737. The maximum atomic E-state index is 11.5. The fourth-order valence-corrected chi connectivity index (χ4v) is 1.94. The van der Waals surface area contributed by atoms with Gasteiger partial charge in [0.15, 0.2) is 6.61 Å². The Labute approximate surface area is 128 Å². The number of methoxy groups -OCH3 is 1. The second kappa shape index (κ2) is 8.73. The van der Waals surface area contributed by atoms with Crippen molar-refractivity contribution in [3.05, 3.63) is 28.8 Å². The summed E-state index contributed by atoms with van der Waals surface area (Å²) in [5.74, 6) is 0.290. The summed E-state index contributed by atoms with van der Waals surface area (Å²) in [5.41, 5.74) is 6.08. The maximum Gasteiger partial charge on any atom is 0.257 e. The number of hydrogen-bond acceptors (Lipinski definition) is 4. The van der Waals surface area contributed by atoms with E-state index in [1.807, 2.05) is 0 Å². The molecule has 1 aromatic carbocycles. The normalized spacial score (nSPS) is 10.1. The number of carbonyl (C=O) groups is 1. The smallest absolute Gasteiger partial charge is 0.257 e. The molecule has 7 heteroatoms. The van der Waals surface area contributed by atoms with E-state index in [1.54, 1.807) is 25.3 Å². The molecule has 5 nitrogen and oxygen atoms in total. The molecule has 0 heterocycles. The van der Waals surface area contributed by atoms with Crippen LogP contribution in [0.3, 0.4) is 0 Å². The van der Waals surface area contributed by atoms with Crippen LogP contribution < -0.4 is 15.8 Å². The van der Waals surface area contributed by atoms with Gasteiger partial charge in [-0.15, -0.1) is 0 Å². The van der Waals surface area contributed by atoms with E-state index in [0.717, 1.165) is 6.42 Å². The van der Waals surface area contributed by atoms with Crippen LogP contribution in [0.25, 0.3) is 0 Å². The zero-order valence-corrected chi connectivity index (χ0v) is 12.7. The summed E-state index contributed by atoms with van der Waals surface area (Å²) < 4.78 is 10.2. The molecule has 1 aromatic rings. The topological polar surface area (TPSA) is 73.6 Å². The number of hydrogen-bond donors (Lipinski definition) is 2. The molecule has 3 N–H and O–H groups in total. The highest BCUT2D eigenvalue weighted by Gasteiger charge is 2.07. The van der Waals surface area contributed by atoms with E-state index in [1.165, 1.54) is 0 Å². The number of rotatable bonds is 8. The number of nitrogens with one attached hydrogen (secondary N) is 1. The van der Waals surface area contributed by atoms with Crippen molar-refractivity contribution in [1.82, 2.24) is 5.32 Å². The lowest BCUT2D eigenvalue weighted by molar-refractivity contribution is -0.123. The van der Waals surface area contributed by atoms with Crippen LogP contribution in [0.5, 0.6) is 5.75 Å². The van der Waals surface area contributed by atoms with E-state index >= 15 is 0 Å². The summed E-state index contributed by atoms with van der Waals surface area (Å²) in [6, 6.07) is 4.91. The Hall–Kier alpha value is -1.37. The van der Waals surface area contributed by atoms with Crippen LogP contribution in [0.15, 0.2) is 18.2 Å². The van der Waals surface area contributed by atoms with Crippen LogP contribution in [-0.2, 0) is 9.53 Å². The van der Waals surface area contributed by atoms with Gasteiger partial charge < -0.3 is 20.5 Å². The van der Waals surface area contributed by atoms with Crippen molar-refractivity contribution >= 4 is 34.7 Å². The van der Waals surface area contributed by atoms with Crippen LogP contribution in [-0.4, -0.2) is 37.8 Å². The second-order valence-electron chi connectivity index (χ2n) is 3.99. The average Bonchev–Trinajstić information content (AvgIpc) is 2.41. The van der Waals surface area contributed by atoms with Crippen LogP contribution >= 0.6 is 23.8 Å². The molecule has 0 aliphatic heterocycles. The van der Waals surface area contributed by atoms with Crippen LogP contribution in [0, 0.1) is 0 Å². The first-order valence-electron chi connectivity index (χ1n) is 6.02. The van der Waals surface area contributed by atoms with Crippen LogP contribution in [0.1, 0.15) is 12.0 Å². The summed E-state index contributed by atoms with van der Waals surface area (Å²) >= 11 is 10.8. The molecule has 110 valence electrons. The molecule has 0 fully saturated rings. The molecule has 0 saturated heterocycles. The number of halogens is 1. The van der Waals surface area contributed by atoms with E-state index < -0.39 is 0 Å². The monoisotopic (exact) mass is 316 g/mol. The van der Waals surface area contributed by atoms with Gasteiger partial charge in [-0.25, -0.2) is 0 Å². The molecule has 0 atom stereocenters. The molecule has 0 aliphatic rings. The first-order chi connectivity index (χ1) is 9.54. The zero-order chi connectivity index (χ0) is 15.0. The van der Waals surface area contributed by atoms with Crippen LogP contribution in [0.2, 0.25) is 5.02 Å². The third-order valence-electron chi connectivity index (χ3n) is 2.42. The summed E-state index contributed by atoms with van der Waals surface area (Å²) in [5, 5.41) is 3.11. The average molecular weight is 317 g/mol. The van der Waals surface area contributed by atoms with Gasteiger partial charge in [-0.3, -0.25) is 4.79 Å². The highest BCUT2D eigenvalue weighted by molar-refractivity contribution is 7.80. The van der Waals surface area contributed by atoms with E-state index in [-0.39, 0.29) is 17.5 Å². The van der Waals surface area contributed by atoms with Gasteiger partial charge in [0.1, 0.15) is 10.7 Å². The van der Waals surface area contributed by atoms with Crippen molar-refractivity contribution in [3.63, 3.8) is 0 Å². The summed E-state index contributed by atoms with van der Waals surface area (Å²) in [6.07, 6.45) is 0.761. The molecule has 0 unspecified atom stereocenters. The molecule has 20 heavy (non-hydrogen) atoms. The number of thiocarbonyl (C=S) groups is 1. The lowest BCUT2D eigenvalue weighted by Gasteiger charge is -2.09. The van der Waals surface area contributed by atoms with E-state index in [9.17, 15) is 4.79 Å². The zero-order valence-electron chi connectivity index (χ0n) is 11.1. The molecular formula is C13H17ClN2O3S. The van der Waals surface area contributed by atoms with Crippen molar-refractivity contribution in [1.29, 1.82) is 0 Å². The van der Waals surface area contributed by atoms with Crippen molar-refractivity contribution in [3.8, 4) is 5.75 Å². The van der Waals surface area contributed by atoms with Gasteiger partial charge in [0, 0.05) is 25.8 Å². The number of benzene rings is 1. The summed E-state index contributed by atoms with van der Waals surface area (Å²) in [4.78, 5) is 11.7. The van der Waals surface area contributed by atoms with Crippen molar-refractivity contribution < 1.29 is 14.3 Å². The largest absolute Gasteiger partial charge is 0.484 e. The van der Waals surface area contributed by atoms with Crippen molar-refractivity contribution in [2.45, 2.75) is 6.42 Å². The second-order valence-corrected chi connectivity index (χ2v) is 4.84. The van der Waals surface area contributed by atoms with Gasteiger partial charge in [-0.2, -0.15) is 0 Å². The standard InChI is InChI=1S/C13H17ClN2O3S/c1-18-6-2-5-16-12(17)8-19-9-3-4-10(13(15)20)11(14)7-9/h3-4,7H,2,5-6,8H2,1H3,(H2,15,20)(H,16,17). The molecule has 1 amide bonds. The minimum Gasteiger partial charge on any atom is -0.484 e. The molecule has 0 aromatic heterocycles. The third-order valence-corrected chi connectivity index (χ3v) is 2.96. The lowest BCUT2D eigenvalue weighted by atomic mass is 10.2. The SMILES string of the molecule is COCCCNC(=O)COc1ccc(C(N)=S)c(Cl)c1. The quantitative estimate of drug-likeness (QED) is 0.562. The number of carbonyl (C=O) groups excluding carboxylic acids is 1. The number of nitrogens with two attached hydrogens (primary N) is 1. The highest BCUT2D eigenvalue weighted by Crippen LogP contribution is 2.22. The Morgan fingerprint density at radius 3 is 2.85 bits per heavy atom. The molecule has 0 bridgehead atoms. The molecule has 1 rings (SSSR count). The van der Waals surface area contributed by atoms with Gasteiger partial charge in [-0.1, -0.05) is 23.8 Å². The van der Waals surface area contributed by atoms with E-state index in [2.05, 4.69) is 5.32 Å². The Kier molecular flexibility index (Phi) is 7.28. The fraction of sp³-hybridized carbons (Fsp3) is 0.385. The minimum atomic E-state index is -0.198. The molecule has 0 spiro atoms. The summed E-state index contributed by atoms with van der Waals surface area (Å²) in [7, 11) is 1.62. The lowest BCUT2D eigenvalue weighted by Crippen LogP contribution is -2.30. The molecule has 0 aliphatic carbocycles. The van der Waals surface area contributed by atoms with Gasteiger partial charge in [0.25, 0.3) is 5.91 Å². The van der Waals surface area contributed by atoms with Crippen LogP contribution in [0.4, 0.5) is 0 Å². The molecule has 0 radical (unpaired) electrons. The van der Waals surface area contributed by atoms with Crippen molar-refractivity contribution in [2.75, 3.05) is 26.9 Å². The Bertz CT molecular complexity index is 483. The van der Waals surface area contributed by atoms with Gasteiger partial charge >= 0.3 is 0 Å². The van der Waals surface area contributed by atoms with Gasteiger partial charge in [0.05, 0.1) is 5.02 Å². The Morgan fingerprint density at radius 2 is 2.25 bits per heavy atom. The Balaban J connectivity index is 2.40. The first kappa shape index (κ1) is 16.7. The molecular weight excluding hydrogens is 300 g/mol. The predicted octanol–water partition coefficient (Wildman–Crippen LogP) is 1.51. The number of amides is 1. The highest BCUT2D eigenvalue weighted by atomic mass is 35.5. The van der Waals surface area contributed by atoms with E-state index in [4.69, 9.17) is 39.0 Å². The van der Waals surface area contributed by atoms with Crippen molar-refractivity contribution in [2.24, 2.45) is 5.73 Å². The number of ether oxygens (including phenoxy) is 2. The predicted molar refractivity (Wildman–Crippen MR) is 82.3 cm³/mol. The fourth-order valence-electron chi connectivity index (χ4n) is 1.43. The maximum absolute atomic E-state index is 11.5. The summed E-state index contributed by atoms with van der Waals surface area (Å²) in [6.45, 7) is 1.09. The first-order valence-corrected chi connectivity index (χ1v) is 6.81. The third kappa shape index (κ3) is 5.73. The van der Waals surface area contributed by atoms with Gasteiger partial charge in [-0.05, 0) is 24.6 Å². The van der Waals surface area contributed by atoms with Gasteiger partial charge in [0.2, 0.25) is 0 Å². The Morgan fingerprint density at radius 1 is 1.50 bits per heavy atom. The van der Waals surface area contributed by atoms with E-state index in [0.29, 0.717) is 29.5 Å².